The van der Waals surface area contributed by atoms with Gasteiger partial charge in [-0.05, 0) is 45.2 Å². The molecule has 2 bridgehead atoms. The van der Waals surface area contributed by atoms with Crippen molar-refractivity contribution in [1.82, 2.24) is 15.5 Å². The number of fused-ring (bicyclic) bond motifs is 2. The van der Waals surface area contributed by atoms with E-state index in [4.69, 9.17) is 0 Å². The lowest BCUT2D eigenvalue weighted by atomic mass is 9.82. The summed E-state index contributed by atoms with van der Waals surface area (Å²) in [6.45, 7) is 4.01. The summed E-state index contributed by atoms with van der Waals surface area (Å²) in [7, 11) is 2.26. The Morgan fingerprint density at radius 1 is 1.21 bits per heavy atom. The van der Waals surface area contributed by atoms with Crippen molar-refractivity contribution in [2.24, 2.45) is 11.8 Å². The third-order valence-electron chi connectivity index (χ3n) is 5.54. The number of carbonyl (C=O) groups is 1. The Morgan fingerprint density at radius 3 is 2.47 bits per heavy atom. The molecule has 2 N–H and O–H groups in total. The molecule has 3 aliphatic rings. The van der Waals surface area contributed by atoms with Crippen LogP contribution in [0.3, 0.4) is 0 Å². The van der Waals surface area contributed by atoms with Gasteiger partial charge in [0.25, 0.3) is 0 Å². The summed E-state index contributed by atoms with van der Waals surface area (Å²) in [5.74, 6) is 0.940. The van der Waals surface area contributed by atoms with E-state index in [9.17, 15) is 4.79 Å². The first kappa shape index (κ1) is 13.4. The van der Waals surface area contributed by atoms with Crippen LogP contribution in [-0.4, -0.2) is 49.1 Å². The largest absolute Gasteiger partial charge is 0.353 e. The van der Waals surface area contributed by atoms with Gasteiger partial charge in [-0.2, -0.15) is 0 Å². The van der Waals surface area contributed by atoms with Crippen molar-refractivity contribution >= 4 is 5.91 Å². The predicted octanol–water partition coefficient (Wildman–Crippen LogP) is 0.973. The van der Waals surface area contributed by atoms with Crippen molar-refractivity contribution in [3.8, 4) is 0 Å². The van der Waals surface area contributed by atoms with Crippen molar-refractivity contribution in [3.63, 3.8) is 0 Å². The van der Waals surface area contributed by atoms with Gasteiger partial charge in [-0.25, -0.2) is 0 Å². The molecule has 3 saturated heterocycles. The van der Waals surface area contributed by atoms with Crippen LogP contribution in [-0.2, 0) is 4.79 Å². The second kappa shape index (κ2) is 5.41. The lowest BCUT2D eigenvalue weighted by Crippen LogP contribution is -2.56. The van der Waals surface area contributed by atoms with Crippen LogP contribution >= 0.6 is 0 Å². The van der Waals surface area contributed by atoms with Crippen LogP contribution in [0.5, 0.6) is 0 Å². The van der Waals surface area contributed by atoms with Gasteiger partial charge in [-0.1, -0.05) is 13.3 Å². The topological polar surface area (TPSA) is 44.4 Å². The van der Waals surface area contributed by atoms with Gasteiger partial charge in [0.2, 0.25) is 5.91 Å². The van der Waals surface area contributed by atoms with E-state index in [1.165, 1.54) is 19.3 Å². The molecule has 4 atom stereocenters. The number of piperidine rings is 2. The van der Waals surface area contributed by atoms with Crippen LogP contribution < -0.4 is 10.6 Å². The van der Waals surface area contributed by atoms with Gasteiger partial charge >= 0.3 is 0 Å². The van der Waals surface area contributed by atoms with Gasteiger partial charge in [0.15, 0.2) is 0 Å². The molecule has 3 rings (SSSR count). The second-order valence-corrected chi connectivity index (χ2v) is 6.82. The van der Waals surface area contributed by atoms with Crippen molar-refractivity contribution in [2.45, 2.75) is 57.2 Å². The highest BCUT2D eigenvalue weighted by Crippen LogP contribution is 2.32. The molecule has 0 saturated carbocycles. The minimum atomic E-state index is 0.180. The second-order valence-electron chi connectivity index (χ2n) is 6.82. The van der Waals surface area contributed by atoms with E-state index >= 15 is 0 Å². The number of nitrogens with zero attached hydrogens (tertiary/aromatic N) is 1. The molecule has 3 aliphatic heterocycles. The number of nitrogens with one attached hydrogen (secondary N) is 2. The highest BCUT2D eigenvalue weighted by Gasteiger charge is 2.38. The molecular weight excluding hydrogens is 238 g/mol. The highest BCUT2D eigenvalue weighted by atomic mass is 16.2. The highest BCUT2D eigenvalue weighted by molar-refractivity contribution is 5.79. The van der Waals surface area contributed by atoms with Crippen LogP contribution in [0.25, 0.3) is 0 Å². The van der Waals surface area contributed by atoms with E-state index < -0.39 is 0 Å². The number of rotatable bonds is 2. The normalized spacial score (nSPS) is 43.2. The fourth-order valence-corrected chi connectivity index (χ4v) is 4.20. The molecule has 108 valence electrons. The van der Waals surface area contributed by atoms with Gasteiger partial charge in [0, 0.05) is 24.7 Å². The van der Waals surface area contributed by atoms with E-state index in [2.05, 4.69) is 29.5 Å². The molecule has 0 radical (unpaired) electrons. The average molecular weight is 265 g/mol. The smallest absolute Gasteiger partial charge is 0.224 e. The quantitative estimate of drug-likeness (QED) is 0.782. The number of carbonyl (C=O) groups excluding carboxylic acids is 1. The Morgan fingerprint density at radius 2 is 1.89 bits per heavy atom. The average Bonchev–Trinajstić information content (AvgIpc) is 2.77. The predicted molar refractivity (Wildman–Crippen MR) is 75.9 cm³/mol. The molecule has 0 aromatic carbocycles. The molecule has 0 aromatic heterocycles. The van der Waals surface area contributed by atoms with Gasteiger partial charge in [0.1, 0.15) is 0 Å². The van der Waals surface area contributed by atoms with E-state index in [0.29, 0.717) is 24.0 Å². The van der Waals surface area contributed by atoms with Crippen LogP contribution in [0.15, 0.2) is 0 Å². The Labute approximate surface area is 116 Å². The molecule has 4 heteroatoms. The maximum absolute atomic E-state index is 12.4. The van der Waals surface area contributed by atoms with Crippen molar-refractivity contribution in [3.05, 3.63) is 0 Å². The van der Waals surface area contributed by atoms with E-state index in [-0.39, 0.29) is 11.8 Å². The van der Waals surface area contributed by atoms with Crippen LogP contribution in [0.1, 0.15) is 39.0 Å². The zero-order chi connectivity index (χ0) is 13.4. The van der Waals surface area contributed by atoms with E-state index in [1.54, 1.807) is 0 Å². The molecule has 19 heavy (non-hydrogen) atoms. The molecule has 0 aromatic rings. The zero-order valence-electron chi connectivity index (χ0n) is 12.2. The van der Waals surface area contributed by atoms with Crippen LogP contribution in [0, 0.1) is 11.8 Å². The molecule has 4 unspecified atom stereocenters. The number of hydrogen-bond donors (Lipinski definition) is 2. The summed E-state index contributed by atoms with van der Waals surface area (Å²) in [5, 5.41) is 6.65. The van der Waals surface area contributed by atoms with Crippen LogP contribution in [0.2, 0.25) is 0 Å². The standard InChI is InChI=1S/C15H27N3O/c1-10-8-16-9-14(10)15(19)17-11-6-12-4-3-5-13(7-11)18(12)2/h10-14,16H,3-9H2,1-2H3,(H,17,19). The fraction of sp³-hybridized carbons (Fsp3) is 0.933. The molecular formula is C15H27N3O. The number of amides is 1. The first-order valence-electron chi connectivity index (χ1n) is 7.88. The van der Waals surface area contributed by atoms with Crippen molar-refractivity contribution in [1.29, 1.82) is 0 Å². The van der Waals surface area contributed by atoms with Gasteiger partial charge in [0.05, 0.1) is 5.92 Å². The lowest BCUT2D eigenvalue weighted by Gasteiger charge is -2.47. The minimum absolute atomic E-state index is 0.180. The molecule has 3 fully saturated rings. The zero-order valence-corrected chi connectivity index (χ0v) is 12.2. The molecule has 0 spiro atoms. The first-order chi connectivity index (χ1) is 9.15. The van der Waals surface area contributed by atoms with Crippen molar-refractivity contribution in [2.75, 3.05) is 20.1 Å². The maximum atomic E-state index is 12.4. The molecule has 1 amide bonds. The molecule has 3 heterocycles. The van der Waals surface area contributed by atoms with Gasteiger partial charge in [-0.3, -0.25) is 4.79 Å². The maximum Gasteiger partial charge on any atom is 0.224 e. The Balaban J connectivity index is 1.57. The first-order valence-corrected chi connectivity index (χ1v) is 7.88. The number of hydrogen-bond acceptors (Lipinski definition) is 3. The summed E-state index contributed by atoms with van der Waals surface area (Å²) in [6.07, 6.45) is 6.27. The van der Waals surface area contributed by atoms with E-state index in [1.807, 2.05) is 0 Å². The monoisotopic (exact) mass is 265 g/mol. The van der Waals surface area contributed by atoms with Crippen LogP contribution in [0.4, 0.5) is 0 Å². The summed E-state index contributed by atoms with van der Waals surface area (Å²) in [5.41, 5.74) is 0. The summed E-state index contributed by atoms with van der Waals surface area (Å²) in [4.78, 5) is 14.9. The molecule has 0 aliphatic carbocycles. The van der Waals surface area contributed by atoms with E-state index in [0.717, 1.165) is 25.9 Å². The summed E-state index contributed by atoms with van der Waals surface area (Å²) >= 11 is 0. The van der Waals surface area contributed by atoms with Gasteiger partial charge in [-0.15, -0.1) is 0 Å². The molecule has 4 nitrogen and oxygen atoms in total. The Kier molecular flexibility index (Phi) is 3.81. The SMILES string of the molecule is CC1CNCC1C(=O)NC1CC2CCCC(C1)N2C. The fourth-order valence-electron chi connectivity index (χ4n) is 4.20. The lowest BCUT2D eigenvalue weighted by molar-refractivity contribution is -0.126. The van der Waals surface area contributed by atoms with Gasteiger partial charge < -0.3 is 15.5 Å². The Hall–Kier alpha value is -0.610. The van der Waals surface area contributed by atoms with Crippen molar-refractivity contribution < 1.29 is 4.79 Å². The summed E-state index contributed by atoms with van der Waals surface area (Å²) < 4.78 is 0. The minimum Gasteiger partial charge on any atom is -0.353 e. The third kappa shape index (κ3) is 2.65. The summed E-state index contributed by atoms with van der Waals surface area (Å²) in [6, 6.07) is 1.79. The third-order valence-corrected chi connectivity index (χ3v) is 5.54. The Bertz CT molecular complexity index is 332.